The van der Waals surface area contributed by atoms with Gasteiger partial charge in [-0.1, -0.05) is 5.16 Å². The van der Waals surface area contributed by atoms with Crippen molar-refractivity contribution in [1.82, 2.24) is 18.9 Å². The summed E-state index contributed by atoms with van der Waals surface area (Å²) in [5, 5.41) is 3.82. The second-order valence-electron chi connectivity index (χ2n) is 2.85. The Morgan fingerprint density at radius 3 is 3.13 bits per heavy atom. The van der Waals surface area contributed by atoms with E-state index in [4.69, 9.17) is 9.26 Å². The highest BCUT2D eigenvalue weighted by atomic mass is 32.1. The van der Waals surface area contributed by atoms with Gasteiger partial charge >= 0.3 is 0 Å². The average molecular weight is 226 g/mol. The number of hydrogen-bond acceptors (Lipinski definition) is 7. The maximum atomic E-state index is 5.34. The summed E-state index contributed by atoms with van der Waals surface area (Å²) < 4.78 is 18.2. The van der Waals surface area contributed by atoms with Crippen LogP contribution in [0.2, 0.25) is 0 Å². The standard InChI is InChI=1S/C8H10N4O2S/c1-3-13-5(2)7-10-8(14-11-7)6-4-9-15-12-6/h4-5H,3H2,1-2H3. The summed E-state index contributed by atoms with van der Waals surface area (Å²) in [6.07, 6.45) is 1.42. The molecule has 6 nitrogen and oxygen atoms in total. The van der Waals surface area contributed by atoms with E-state index in [1.807, 2.05) is 13.8 Å². The van der Waals surface area contributed by atoms with Crippen molar-refractivity contribution in [1.29, 1.82) is 0 Å². The van der Waals surface area contributed by atoms with Crippen molar-refractivity contribution in [2.75, 3.05) is 6.61 Å². The van der Waals surface area contributed by atoms with Gasteiger partial charge in [-0.15, -0.1) is 0 Å². The molecule has 2 aromatic rings. The quantitative estimate of drug-likeness (QED) is 0.789. The van der Waals surface area contributed by atoms with Gasteiger partial charge in [0.05, 0.1) is 17.9 Å². The van der Waals surface area contributed by atoms with Crippen LogP contribution in [0.15, 0.2) is 10.7 Å². The number of ether oxygens (including phenoxy) is 1. The van der Waals surface area contributed by atoms with Crippen molar-refractivity contribution in [3.05, 3.63) is 12.0 Å². The van der Waals surface area contributed by atoms with Gasteiger partial charge in [0.1, 0.15) is 6.10 Å². The SMILES string of the molecule is CCOC(C)c1noc(-c2cnsn2)n1. The number of aromatic nitrogens is 4. The van der Waals surface area contributed by atoms with Gasteiger partial charge in [-0.3, -0.25) is 0 Å². The van der Waals surface area contributed by atoms with Crippen LogP contribution in [-0.4, -0.2) is 25.5 Å². The Morgan fingerprint density at radius 1 is 1.60 bits per heavy atom. The van der Waals surface area contributed by atoms with E-state index in [9.17, 15) is 0 Å². The van der Waals surface area contributed by atoms with Crippen molar-refractivity contribution >= 4 is 11.7 Å². The molecule has 2 aromatic heterocycles. The first-order valence-corrected chi connectivity index (χ1v) is 5.27. The van der Waals surface area contributed by atoms with Crippen molar-refractivity contribution in [3.8, 4) is 11.6 Å². The highest BCUT2D eigenvalue weighted by molar-refractivity contribution is 6.99. The third-order valence-electron chi connectivity index (χ3n) is 1.80. The van der Waals surface area contributed by atoms with E-state index >= 15 is 0 Å². The lowest BCUT2D eigenvalue weighted by molar-refractivity contribution is 0.0683. The highest BCUT2D eigenvalue weighted by Gasteiger charge is 2.15. The van der Waals surface area contributed by atoms with Crippen LogP contribution in [0.4, 0.5) is 0 Å². The molecule has 0 saturated heterocycles. The molecule has 0 aliphatic heterocycles. The summed E-state index contributed by atoms with van der Waals surface area (Å²) in [4.78, 5) is 4.17. The fourth-order valence-electron chi connectivity index (χ4n) is 1.09. The molecule has 0 aliphatic carbocycles. The predicted molar refractivity (Wildman–Crippen MR) is 53.2 cm³/mol. The van der Waals surface area contributed by atoms with E-state index < -0.39 is 0 Å². The number of rotatable bonds is 4. The summed E-state index contributed by atoms with van der Waals surface area (Å²) in [6.45, 7) is 4.41. The summed E-state index contributed by atoms with van der Waals surface area (Å²) in [7, 11) is 0. The van der Waals surface area contributed by atoms with Crippen molar-refractivity contribution in [3.63, 3.8) is 0 Å². The van der Waals surface area contributed by atoms with E-state index in [1.165, 1.54) is 0 Å². The highest BCUT2D eigenvalue weighted by Crippen LogP contribution is 2.18. The van der Waals surface area contributed by atoms with Gasteiger partial charge in [0.2, 0.25) is 5.82 Å². The average Bonchev–Trinajstić information content (AvgIpc) is 2.89. The fourth-order valence-corrected chi connectivity index (χ4v) is 1.49. The Morgan fingerprint density at radius 2 is 2.47 bits per heavy atom. The summed E-state index contributed by atoms with van der Waals surface area (Å²) in [6, 6.07) is 0. The van der Waals surface area contributed by atoms with Crippen LogP contribution in [0.3, 0.4) is 0 Å². The zero-order valence-corrected chi connectivity index (χ0v) is 9.19. The molecule has 0 fully saturated rings. The maximum absolute atomic E-state index is 5.34. The summed E-state index contributed by atoms with van der Waals surface area (Å²) >= 11 is 1.10. The van der Waals surface area contributed by atoms with E-state index in [2.05, 4.69) is 18.9 Å². The molecule has 0 bridgehead atoms. The van der Waals surface area contributed by atoms with Crippen LogP contribution in [0.5, 0.6) is 0 Å². The molecule has 0 aliphatic rings. The van der Waals surface area contributed by atoms with Gasteiger partial charge in [0.15, 0.2) is 5.69 Å². The number of nitrogens with zero attached hydrogens (tertiary/aromatic N) is 4. The molecule has 2 rings (SSSR count). The van der Waals surface area contributed by atoms with Gasteiger partial charge in [-0.25, -0.2) is 0 Å². The maximum Gasteiger partial charge on any atom is 0.279 e. The van der Waals surface area contributed by atoms with E-state index in [0.717, 1.165) is 11.7 Å². The zero-order valence-electron chi connectivity index (χ0n) is 8.38. The molecular weight excluding hydrogens is 216 g/mol. The van der Waals surface area contributed by atoms with Gasteiger partial charge in [-0.2, -0.15) is 13.7 Å². The van der Waals surface area contributed by atoms with Crippen LogP contribution in [0.25, 0.3) is 11.6 Å². The first-order valence-electron chi connectivity index (χ1n) is 4.54. The molecule has 0 N–H and O–H groups in total. The summed E-state index contributed by atoms with van der Waals surface area (Å²) in [5.74, 6) is 0.908. The molecule has 2 heterocycles. The van der Waals surface area contributed by atoms with Gasteiger partial charge in [-0.05, 0) is 13.8 Å². The van der Waals surface area contributed by atoms with E-state index in [0.29, 0.717) is 24.0 Å². The normalized spacial score (nSPS) is 12.9. The van der Waals surface area contributed by atoms with Crippen molar-refractivity contribution < 1.29 is 9.26 Å². The molecule has 1 unspecified atom stereocenters. The molecule has 0 saturated carbocycles. The van der Waals surface area contributed by atoms with Crippen LogP contribution < -0.4 is 0 Å². The van der Waals surface area contributed by atoms with Crippen LogP contribution in [0.1, 0.15) is 25.8 Å². The van der Waals surface area contributed by atoms with Gasteiger partial charge in [0, 0.05) is 6.61 Å². The Kier molecular flexibility index (Phi) is 3.02. The Balaban J connectivity index is 2.17. The minimum Gasteiger partial charge on any atom is -0.371 e. The van der Waals surface area contributed by atoms with E-state index in [1.54, 1.807) is 6.20 Å². The second-order valence-corrected chi connectivity index (χ2v) is 3.40. The Hall–Kier alpha value is -1.34. The monoisotopic (exact) mass is 226 g/mol. The molecule has 0 aromatic carbocycles. The van der Waals surface area contributed by atoms with Gasteiger partial charge < -0.3 is 9.26 Å². The van der Waals surface area contributed by atoms with Crippen LogP contribution >= 0.6 is 11.7 Å². The smallest absolute Gasteiger partial charge is 0.279 e. The van der Waals surface area contributed by atoms with Crippen LogP contribution in [-0.2, 0) is 4.74 Å². The lowest BCUT2D eigenvalue weighted by atomic mass is 10.4. The molecule has 0 radical (unpaired) electrons. The minimum atomic E-state index is -0.168. The predicted octanol–water partition coefficient (Wildman–Crippen LogP) is 1.69. The zero-order chi connectivity index (χ0) is 10.7. The van der Waals surface area contributed by atoms with Crippen molar-refractivity contribution in [2.45, 2.75) is 20.0 Å². The molecule has 1 atom stereocenters. The molecule has 80 valence electrons. The third-order valence-corrected chi connectivity index (χ3v) is 2.28. The third kappa shape index (κ3) is 2.18. The first-order chi connectivity index (χ1) is 7.31. The Bertz CT molecular complexity index is 414. The van der Waals surface area contributed by atoms with E-state index in [-0.39, 0.29) is 6.10 Å². The molecule has 7 heteroatoms. The lowest BCUT2D eigenvalue weighted by Crippen LogP contribution is -2.01. The molecular formula is C8H10N4O2S. The molecule has 15 heavy (non-hydrogen) atoms. The van der Waals surface area contributed by atoms with Gasteiger partial charge in [0.25, 0.3) is 5.89 Å². The van der Waals surface area contributed by atoms with Crippen LogP contribution in [0, 0.1) is 0 Å². The topological polar surface area (TPSA) is 73.9 Å². The lowest BCUT2D eigenvalue weighted by Gasteiger charge is -2.04. The second kappa shape index (κ2) is 4.45. The largest absolute Gasteiger partial charge is 0.371 e. The first kappa shape index (κ1) is 10.2. The molecule has 0 spiro atoms. The van der Waals surface area contributed by atoms with Crippen molar-refractivity contribution in [2.24, 2.45) is 0 Å². The number of hydrogen-bond donors (Lipinski definition) is 0. The molecule has 0 amide bonds. The minimum absolute atomic E-state index is 0.168. The fraction of sp³-hybridized carbons (Fsp3) is 0.500. The summed E-state index contributed by atoms with van der Waals surface area (Å²) in [5.41, 5.74) is 0.599. The Labute approximate surface area is 90.6 Å².